The van der Waals surface area contributed by atoms with Crippen LogP contribution in [0, 0.1) is 0 Å². The number of benzene rings is 1. The van der Waals surface area contributed by atoms with Gasteiger partial charge in [-0.05, 0) is 18.2 Å². The minimum Gasteiger partial charge on any atom is -0.355 e. The smallest absolute Gasteiger partial charge is 0.319 e. The lowest BCUT2D eigenvalue weighted by molar-refractivity contribution is -0.118. The molecule has 0 fully saturated rings. The van der Waals surface area contributed by atoms with Crippen molar-refractivity contribution < 1.29 is 9.59 Å². The highest BCUT2D eigenvalue weighted by Crippen LogP contribution is 2.25. The SMILES string of the molecule is CC(=O)NCCNC(=O)Nc1ccc(Cl)cc1Cl. The van der Waals surface area contributed by atoms with Gasteiger partial charge in [0.25, 0.3) is 0 Å². The zero-order valence-electron chi connectivity index (χ0n) is 9.72. The van der Waals surface area contributed by atoms with Crippen molar-refractivity contribution in [1.29, 1.82) is 0 Å². The van der Waals surface area contributed by atoms with E-state index in [-0.39, 0.29) is 5.91 Å². The van der Waals surface area contributed by atoms with Crippen molar-refractivity contribution in [3.8, 4) is 0 Å². The molecule has 3 N–H and O–H groups in total. The summed E-state index contributed by atoms with van der Waals surface area (Å²) in [5, 5.41) is 8.56. The number of nitrogens with one attached hydrogen (secondary N) is 3. The molecular formula is C11H13Cl2N3O2. The topological polar surface area (TPSA) is 70.2 Å². The fraction of sp³-hybridized carbons (Fsp3) is 0.273. The van der Waals surface area contributed by atoms with Crippen LogP contribution >= 0.6 is 23.2 Å². The van der Waals surface area contributed by atoms with Crippen molar-refractivity contribution in [2.45, 2.75) is 6.92 Å². The van der Waals surface area contributed by atoms with E-state index in [1.54, 1.807) is 12.1 Å². The Morgan fingerprint density at radius 3 is 2.44 bits per heavy atom. The first-order valence-electron chi connectivity index (χ1n) is 5.23. The van der Waals surface area contributed by atoms with Crippen molar-refractivity contribution in [2.75, 3.05) is 18.4 Å². The second-order valence-corrected chi connectivity index (χ2v) is 4.33. The summed E-state index contributed by atoms with van der Waals surface area (Å²) in [6.45, 7) is 2.11. The van der Waals surface area contributed by atoms with E-state index >= 15 is 0 Å². The van der Waals surface area contributed by atoms with Crippen molar-refractivity contribution >= 4 is 40.8 Å². The first-order valence-corrected chi connectivity index (χ1v) is 5.99. The van der Waals surface area contributed by atoms with Crippen molar-refractivity contribution in [3.05, 3.63) is 28.2 Å². The predicted molar refractivity (Wildman–Crippen MR) is 72.2 cm³/mol. The molecule has 0 aliphatic carbocycles. The van der Waals surface area contributed by atoms with Crippen molar-refractivity contribution in [2.24, 2.45) is 0 Å². The molecule has 18 heavy (non-hydrogen) atoms. The Morgan fingerprint density at radius 2 is 1.83 bits per heavy atom. The van der Waals surface area contributed by atoms with Gasteiger partial charge in [0.2, 0.25) is 5.91 Å². The van der Waals surface area contributed by atoms with Gasteiger partial charge in [-0.3, -0.25) is 4.79 Å². The summed E-state index contributed by atoms with van der Waals surface area (Å²) in [6, 6.07) is 4.37. The predicted octanol–water partition coefficient (Wildman–Crippen LogP) is 2.25. The van der Waals surface area contributed by atoms with E-state index in [1.165, 1.54) is 13.0 Å². The maximum Gasteiger partial charge on any atom is 0.319 e. The summed E-state index contributed by atoms with van der Waals surface area (Å²) in [5.41, 5.74) is 0.470. The summed E-state index contributed by atoms with van der Waals surface area (Å²) in [4.78, 5) is 22.1. The molecule has 1 aromatic rings. The molecule has 0 radical (unpaired) electrons. The Labute approximate surface area is 115 Å². The summed E-state index contributed by atoms with van der Waals surface area (Å²) >= 11 is 11.6. The van der Waals surface area contributed by atoms with Crippen LogP contribution in [-0.2, 0) is 4.79 Å². The largest absolute Gasteiger partial charge is 0.355 e. The molecule has 1 rings (SSSR count). The second-order valence-electron chi connectivity index (χ2n) is 3.49. The van der Waals surface area contributed by atoms with Gasteiger partial charge >= 0.3 is 6.03 Å². The molecule has 0 atom stereocenters. The fourth-order valence-corrected chi connectivity index (χ4v) is 1.63. The van der Waals surface area contributed by atoms with E-state index in [2.05, 4.69) is 16.0 Å². The Bertz CT molecular complexity index is 452. The van der Waals surface area contributed by atoms with E-state index in [0.29, 0.717) is 28.8 Å². The lowest BCUT2D eigenvalue weighted by atomic mass is 10.3. The standard InChI is InChI=1S/C11H13Cl2N3O2/c1-7(17)14-4-5-15-11(18)16-10-3-2-8(12)6-9(10)13/h2-3,6H,4-5H2,1H3,(H,14,17)(H2,15,16,18). The number of urea groups is 1. The number of hydrogen-bond donors (Lipinski definition) is 3. The van der Waals surface area contributed by atoms with Gasteiger partial charge in [0, 0.05) is 25.0 Å². The lowest BCUT2D eigenvalue weighted by Crippen LogP contribution is -2.36. The molecule has 0 heterocycles. The summed E-state index contributed by atoms with van der Waals surface area (Å²) in [6.07, 6.45) is 0. The zero-order chi connectivity index (χ0) is 13.5. The van der Waals surface area contributed by atoms with Gasteiger partial charge in [0.05, 0.1) is 10.7 Å². The normalized spacial score (nSPS) is 9.72. The lowest BCUT2D eigenvalue weighted by Gasteiger charge is -2.09. The number of rotatable bonds is 4. The van der Waals surface area contributed by atoms with Crippen molar-refractivity contribution in [3.63, 3.8) is 0 Å². The van der Waals surface area contributed by atoms with Crippen LogP contribution in [-0.4, -0.2) is 25.0 Å². The highest BCUT2D eigenvalue weighted by atomic mass is 35.5. The minimum absolute atomic E-state index is 0.141. The van der Waals surface area contributed by atoms with Crippen LogP contribution in [0.1, 0.15) is 6.92 Å². The summed E-state index contributed by atoms with van der Waals surface area (Å²) < 4.78 is 0. The van der Waals surface area contributed by atoms with Crippen LogP contribution in [0.4, 0.5) is 10.5 Å². The maximum atomic E-state index is 11.5. The summed E-state index contributed by atoms with van der Waals surface area (Å²) in [7, 11) is 0. The molecule has 98 valence electrons. The number of carbonyl (C=O) groups excluding carboxylic acids is 2. The van der Waals surface area contributed by atoms with Gasteiger partial charge in [-0.15, -0.1) is 0 Å². The molecule has 0 unspecified atom stereocenters. The third-order valence-electron chi connectivity index (χ3n) is 1.96. The molecule has 0 aliphatic rings. The molecule has 0 saturated heterocycles. The van der Waals surface area contributed by atoms with Gasteiger partial charge in [-0.25, -0.2) is 4.79 Å². The number of halogens is 2. The number of amides is 3. The Balaban J connectivity index is 2.38. The number of anilines is 1. The summed E-state index contributed by atoms with van der Waals surface area (Å²) in [5.74, 6) is -0.141. The van der Waals surface area contributed by atoms with E-state index in [4.69, 9.17) is 23.2 Å². The Morgan fingerprint density at radius 1 is 1.17 bits per heavy atom. The molecule has 0 bridgehead atoms. The van der Waals surface area contributed by atoms with Gasteiger partial charge in [0.15, 0.2) is 0 Å². The number of carbonyl (C=O) groups is 2. The highest BCUT2D eigenvalue weighted by Gasteiger charge is 2.05. The molecular weight excluding hydrogens is 277 g/mol. The van der Waals surface area contributed by atoms with Crippen molar-refractivity contribution in [1.82, 2.24) is 10.6 Å². The van der Waals surface area contributed by atoms with Crippen LogP contribution in [0.5, 0.6) is 0 Å². The van der Waals surface area contributed by atoms with Gasteiger partial charge in [-0.1, -0.05) is 23.2 Å². The van der Waals surface area contributed by atoms with Gasteiger partial charge in [0.1, 0.15) is 0 Å². The Hall–Kier alpha value is -1.46. The Kier molecular flexibility index (Phi) is 5.74. The van der Waals surface area contributed by atoms with Crippen LogP contribution in [0.25, 0.3) is 0 Å². The zero-order valence-corrected chi connectivity index (χ0v) is 11.2. The van der Waals surface area contributed by atoms with Crippen LogP contribution in [0.3, 0.4) is 0 Å². The average molecular weight is 290 g/mol. The molecule has 3 amide bonds. The first-order chi connectivity index (χ1) is 8.49. The molecule has 0 spiro atoms. The van der Waals surface area contributed by atoms with Gasteiger partial charge < -0.3 is 16.0 Å². The molecule has 0 aliphatic heterocycles. The van der Waals surface area contributed by atoms with E-state index in [1.807, 2.05) is 0 Å². The van der Waals surface area contributed by atoms with E-state index in [9.17, 15) is 9.59 Å². The van der Waals surface area contributed by atoms with Gasteiger partial charge in [-0.2, -0.15) is 0 Å². The van der Waals surface area contributed by atoms with Crippen LogP contribution in [0.15, 0.2) is 18.2 Å². The van der Waals surface area contributed by atoms with E-state index in [0.717, 1.165) is 0 Å². The molecule has 7 heteroatoms. The quantitative estimate of drug-likeness (QED) is 0.744. The van der Waals surface area contributed by atoms with E-state index < -0.39 is 6.03 Å². The molecule has 5 nitrogen and oxygen atoms in total. The molecule has 0 saturated carbocycles. The third-order valence-corrected chi connectivity index (χ3v) is 2.51. The fourth-order valence-electron chi connectivity index (χ4n) is 1.17. The highest BCUT2D eigenvalue weighted by molar-refractivity contribution is 6.36. The second kappa shape index (κ2) is 7.08. The monoisotopic (exact) mass is 289 g/mol. The molecule has 0 aromatic heterocycles. The minimum atomic E-state index is -0.399. The third kappa shape index (κ3) is 5.25. The van der Waals surface area contributed by atoms with Crippen LogP contribution in [0.2, 0.25) is 10.0 Å². The average Bonchev–Trinajstić information content (AvgIpc) is 2.28. The number of hydrogen-bond acceptors (Lipinski definition) is 2. The van der Waals surface area contributed by atoms with Crippen LogP contribution < -0.4 is 16.0 Å². The molecule has 1 aromatic carbocycles. The maximum absolute atomic E-state index is 11.5. The first kappa shape index (κ1) is 14.6.